The minimum Gasteiger partial charge on any atom is -0.485 e. The molecular weight excluding hydrogens is 307 g/mol. The van der Waals surface area contributed by atoms with Gasteiger partial charge in [0.05, 0.1) is 0 Å². The molecule has 1 aromatic carbocycles. The molecule has 0 fully saturated rings. The standard InChI is InChI=1S/C12H8BrFO4/c13-11-4-2-8(18-11)6-17-10-5-7(14)1-3-9(10)12(15)16/h1-5H,6H2,(H,15,16). The van der Waals surface area contributed by atoms with Crippen molar-refractivity contribution in [1.82, 2.24) is 0 Å². The topological polar surface area (TPSA) is 59.7 Å². The van der Waals surface area contributed by atoms with Crippen LogP contribution in [0.3, 0.4) is 0 Å². The highest BCUT2D eigenvalue weighted by atomic mass is 79.9. The zero-order chi connectivity index (χ0) is 13.1. The molecule has 4 nitrogen and oxygen atoms in total. The summed E-state index contributed by atoms with van der Waals surface area (Å²) >= 11 is 3.13. The first-order valence-corrected chi connectivity index (χ1v) is 5.75. The molecule has 6 heteroatoms. The number of aromatic carboxylic acids is 1. The van der Waals surface area contributed by atoms with Crippen LogP contribution in [0.5, 0.6) is 5.75 Å². The van der Waals surface area contributed by atoms with Crippen molar-refractivity contribution in [1.29, 1.82) is 0 Å². The second-order valence-corrected chi connectivity index (χ2v) is 4.22. The lowest BCUT2D eigenvalue weighted by molar-refractivity contribution is 0.0691. The molecule has 0 unspecified atom stereocenters. The SMILES string of the molecule is O=C(O)c1ccc(F)cc1OCc1ccc(Br)o1. The Morgan fingerprint density at radius 3 is 2.78 bits per heavy atom. The molecule has 18 heavy (non-hydrogen) atoms. The second-order valence-electron chi connectivity index (χ2n) is 3.44. The first-order valence-electron chi connectivity index (χ1n) is 4.96. The second kappa shape index (κ2) is 5.22. The maximum absolute atomic E-state index is 13.0. The van der Waals surface area contributed by atoms with E-state index < -0.39 is 11.8 Å². The van der Waals surface area contributed by atoms with Gasteiger partial charge in [-0.1, -0.05) is 0 Å². The summed E-state index contributed by atoms with van der Waals surface area (Å²) in [4.78, 5) is 10.9. The Balaban J connectivity index is 2.17. The van der Waals surface area contributed by atoms with Crippen molar-refractivity contribution < 1.29 is 23.4 Å². The summed E-state index contributed by atoms with van der Waals surface area (Å²) in [5, 5.41) is 8.92. The van der Waals surface area contributed by atoms with Crippen LogP contribution in [-0.4, -0.2) is 11.1 Å². The molecule has 94 valence electrons. The highest BCUT2D eigenvalue weighted by Gasteiger charge is 2.13. The van der Waals surface area contributed by atoms with Crippen molar-refractivity contribution in [3.63, 3.8) is 0 Å². The number of hydrogen-bond acceptors (Lipinski definition) is 3. The average Bonchev–Trinajstić information content (AvgIpc) is 2.72. The molecule has 0 amide bonds. The van der Waals surface area contributed by atoms with Crippen LogP contribution >= 0.6 is 15.9 Å². The quantitative estimate of drug-likeness (QED) is 0.939. The van der Waals surface area contributed by atoms with Crippen LogP contribution < -0.4 is 4.74 Å². The van der Waals surface area contributed by atoms with E-state index in [0.29, 0.717) is 10.4 Å². The van der Waals surface area contributed by atoms with E-state index >= 15 is 0 Å². The Morgan fingerprint density at radius 1 is 1.39 bits per heavy atom. The summed E-state index contributed by atoms with van der Waals surface area (Å²) in [7, 11) is 0. The maximum atomic E-state index is 13.0. The molecule has 2 aromatic rings. The van der Waals surface area contributed by atoms with Crippen molar-refractivity contribution in [2.45, 2.75) is 6.61 Å². The Bertz CT molecular complexity index is 579. The van der Waals surface area contributed by atoms with Crippen LogP contribution in [0, 0.1) is 5.82 Å². The Labute approximate surface area is 110 Å². The molecular formula is C12H8BrFO4. The molecule has 0 aliphatic carbocycles. The number of halogens is 2. The third kappa shape index (κ3) is 2.89. The van der Waals surface area contributed by atoms with Crippen molar-refractivity contribution >= 4 is 21.9 Å². The van der Waals surface area contributed by atoms with E-state index in [9.17, 15) is 9.18 Å². The summed E-state index contributed by atoms with van der Waals surface area (Å²) in [6.07, 6.45) is 0. The number of ether oxygens (including phenoxy) is 1. The first kappa shape index (κ1) is 12.6. The molecule has 0 aliphatic rings. The van der Waals surface area contributed by atoms with E-state index in [-0.39, 0.29) is 17.9 Å². The molecule has 2 rings (SSSR count). The van der Waals surface area contributed by atoms with E-state index in [0.717, 1.165) is 18.2 Å². The van der Waals surface area contributed by atoms with Crippen molar-refractivity contribution in [3.8, 4) is 5.75 Å². The summed E-state index contributed by atoms with van der Waals surface area (Å²) in [5.74, 6) is -1.27. The number of carboxylic acids is 1. The lowest BCUT2D eigenvalue weighted by Gasteiger charge is -2.07. The minimum atomic E-state index is -1.18. The van der Waals surface area contributed by atoms with Gasteiger partial charge in [-0.05, 0) is 40.2 Å². The molecule has 0 atom stereocenters. The van der Waals surface area contributed by atoms with Crippen LogP contribution in [0.25, 0.3) is 0 Å². The fourth-order valence-corrected chi connectivity index (χ4v) is 1.71. The zero-order valence-electron chi connectivity index (χ0n) is 9.02. The lowest BCUT2D eigenvalue weighted by atomic mass is 10.2. The number of benzene rings is 1. The van der Waals surface area contributed by atoms with Crippen molar-refractivity contribution in [2.24, 2.45) is 0 Å². The van der Waals surface area contributed by atoms with Crippen LogP contribution in [0.2, 0.25) is 0 Å². The van der Waals surface area contributed by atoms with Crippen LogP contribution in [0.4, 0.5) is 4.39 Å². The third-order valence-corrected chi connectivity index (χ3v) is 2.60. The molecule has 0 spiro atoms. The predicted molar refractivity (Wildman–Crippen MR) is 64.1 cm³/mol. The van der Waals surface area contributed by atoms with Gasteiger partial charge in [0, 0.05) is 6.07 Å². The van der Waals surface area contributed by atoms with Gasteiger partial charge in [0.1, 0.15) is 29.5 Å². The van der Waals surface area contributed by atoms with Gasteiger partial charge in [-0.3, -0.25) is 0 Å². The summed E-state index contributed by atoms with van der Waals surface area (Å²) < 4.78 is 24.0. The Kier molecular flexibility index (Phi) is 3.66. The highest BCUT2D eigenvalue weighted by Crippen LogP contribution is 2.22. The van der Waals surface area contributed by atoms with Crippen molar-refractivity contribution in [2.75, 3.05) is 0 Å². The van der Waals surface area contributed by atoms with Crippen molar-refractivity contribution in [3.05, 3.63) is 52.1 Å². The van der Waals surface area contributed by atoms with E-state index in [4.69, 9.17) is 14.3 Å². The highest BCUT2D eigenvalue weighted by molar-refractivity contribution is 9.10. The average molecular weight is 315 g/mol. The lowest BCUT2D eigenvalue weighted by Crippen LogP contribution is -2.03. The zero-order valence-corrected chi connectivity index (χ0v) is 10.6. The molecule has 0 saturated heterocycles. The fraction of sp³-hybridized carbons (Fsp3) is 0.0833. The third-order valence-electron chi connectivity index (χ3n) is 2.17. The van der Waals surface area contributed by atoms with E-state index in [1.165, 1.54) is 0 Å². The first-order chi connectivity index (χ1) is 8.56. The predicted octanol–water partition coefficient (Wildman–Crippen LogP) is 3.46. The number of hydrogen-bond donors (Lipinski definition) is 1. The molecule has 0 saturated carbocycles. The molecule has 0 radical (unpaired) electrons. The number of rotatable bonds is 4. The largest absolute Gasteiger partial charge is 0.485 e. The van der Waals surface area contributed by atoms with Gasteiger partial charge in [0.25, 0.3) is 0 Å². The summed E-state index contributed by atoms with van der Waals surface area (Å²) in [6, 6.07) is 6.61. The smallest absolute Gasteiger partial charge is 0.339 e. The van der Waals surface area contributed by atoms with Gasteiger partial charge in [-0.2, -0.15) is 0 Å². The van der Waals surface area contributed by atoms with Gasteiger partial charge in [0.15, 0.2) is 4.67 Å². The Morgan fingerprint density at radius 2 is 2.17 bits per heavy atom. The molecule has 0 aliphatic heterocycles. The van der Waals surface area contributed by atoms with Gasteiger partial charge < -0.3 is 14.3 Å². The van der Waals surface area contributed by atoms with E-state index in [1.807, 2.05) is 0 Å². The van der Waals surface area contributed by atoms with Crippen LogP contribution in [0.1, 0.15) is 16.1 Å². The maximum Gasteiger partial charge on any atom is 0.339 e. The van der Waals surface area contributed by atoms with E-state index in [1.54, 1.807) is 12.1 Å². The molecule has 1 heterocycles. The van der Waals surface area contributed by atoms with Crippen LogP contribution in [-0.2, 0) is 6.61 Å². The molecule has 1 aromatic heterocycles. The minimum absolute atomic E-state index is 0.0231. The summed E-state index contributed by atoms with van der Waals surface area (Å²) in [6.45, 7) is 0.0231. The number of furan rings is 1. The van der Waals surface area contributed by atoms with Gasteiger partial charge in [-0.15, -0.1) is 0 Å². The molecule has 1 N–H and O–H groups in total. The van der Waals surface area contributed by atoms with Crippen LogP contribution in [0.15, 0.2) is 39.4 Å². The van der Waals surface area contributed by atoms with Gasteiger partial charge in [0.2, 0.25) is 0 Å². The molecule has 0 bridgehead atoms. The van der Waals surface area contributed by atoms with Gasteiger partial charge >= 0.3 is 5.97 Å². The fourth-order valence-electron chi connectivity index (χ4n) is 1.37. The number of carbonyl (C=O) groups is 1. The summed E-state index contributed by atoms with van der Waals surface area (Å²) in [5.41, 5.74) is -0.0954. The van der Waals surface area contributed by atoms with E-state index in [2.05, 4.69) is 15.9 Å². The normalized spacial score (nSPS) is 10.3. The monoisotopic (exact) mass is 314 g/mol. The van der Waals surface area contributed by atoms with Gasteiger partial charge in [-0.25, -0.2) is 9.18 Å². The number of carboxylic acid groups (broad SMARTS) is 1. The Hall–Kier alpha value is -1.82.